The Balaban J connectivity index is 1.62. The van der Waals surface area contributed by atoms with Crippen molar-refractivity contribution in [2.24, 2.45) is 29.6 Å². The molecular weight excluding hydrogens is 364 g/mol. The van der Waals surface area contributed by atoms with Gasteiger partial charge in [0.05, 0.1) is 37.6 Å². The molecule has 29 heavy (non-hydrogen) atoms. The zero-order valence-corrected chi connectivity index (χ0v) is 19.2. The molecule has 2 aliphatic rings. The van der Waals surface area contributed by atoms with E-state index < -0.39 is 0 Å². The van der Waals surface area contributed by atoms with Crippen LogP contribution in [0.5, 0.6) is 0 Å². The van der Waals surface area contributed by atoms with E-state index in [-0.39, 0.29) is 30.7 Å². The molecule has 0 aliphatic carbocycles. The van der Waals surface area contributed by atoms with Crippen molar-refractivity contribution in [1.29, 1.82) is 0 Å². The summed E-state index contributed by atoms with van der Waals surface area (Å²) in [5.41, 5.74) is 1.19. The van der Waals surface area contributed by atoms with E-state index in [9.17, 15) is 0 Å². The maximum absolute atomic E-state index is 6.67. The maximum Gasteiger partial charge on any atom is 0.161 e. The molecule has 0 spiro atoms. The molecule has 1 aromatic rings. The summed E-state index contributed by atoms with van der Waals surface area (Å²) in [6, 6.07) is 10.3. The van der Waals surface area contributed by atoms with Crippen LogP contribution >= 0.6 is 0 Å². The van der Waals surface area contributed by atoms with Crippen molar-refractivity contribution < 1.29 is 18.9 Å². The van der Waals surface area contributed by atoms with E-state index in [4.69, 9.17) is 18.9 Å². The van der Waals surface area contributed by atoms with Crippen LogP contribution in [0.25, 0.3) is 0 Å². The summed E-state index contributed by atoms with van der Waals surface area (Å²) in [6.07, 6.45) is 0.403. The summed E-state index contributed by atoms with van der Waals surface area (Å²) in [5, 5.41) is 0. The topological polar surface area (TPSA) is 36.9 Å². The lowest BCUT2D eigenvalue weighted by atomic mass is 9.78. The second-order valence-electron chi connectivity index (χ2n) is 9.49. The highest BCUT2D eigenvalue weighted by molar-refractivity contribution is 5.13. The minimum absolute atomic E-state index is 0.0511. The van der Waals surface area contributed by atoms with Crippen molar-refractivity contribution in [3.63, 3.8) is 0 Å². The van der Waals surface area contributed by atoms with Crippen LogP contribution in [0.3, 0.4) is 0 Å². The van der Waals surface area contributed by atoms with Crippen LogP contribution in [-0.4, -0.2) is 37.3 Å². The van der Waals surface area contributed by atoms with Crippen molar-refractivity contribution in [2.75, 3.05) is 6.61 Å². The van der Waals surface area contributed by atoms with Gasteiger partial charge in [0.2, 0.25) is 0 Å². The molecule has 0 saturated carbocycles. The van der Waals surface area contributed by atoms with Crippen molar-refractivity contribution >= 4 is 0 Å². The molecule has 3 rings (SSSR count). The van der Waals surface area contributed by atoms with Crippen LogP contribution in [0, 0.1) is 29.6 Å². The second kappa shape index (κ2) is 9.91. The molecule has 4 unspecified atom stereocenters. The van der Waals surface area contributed by atoms with Crippen molar-refractivity contribution in [3.05, 3.63) is 35.9 Å². The van der Waals surface area contributed by atoms with Gasteiger partial charge in [-0.05, 0) is 31.2 Å². The Morgan fingerprint density at radius 1 is 0.724 bits per heavy atom. The van der Waals surface area contributed by atoms with Crippen molar-refractivity contribution in [1.82, 2.24) is 0 Å². The average molecular weight is 405 g/mol. The third kappa shape index (κ3) is 5.22. The highest BCUT2D eigenvalue weighted by Crippen LogP contribution is 2.39. The molecule has 0 N–H and O–H groups in total. The zero-order chi connectivity index (χ0) is 21.1. The quantitative estimate of drug-likeness (QED) is 0.645. The van der Waals surface area contributed by atoms with E-state index in [1.165, 1.54) is 5.56 Å². The largest absolute Gasteiger partial charge is 0.375 e. The summed E-state index contributed by atoms with van der Waals surface area (Å²) < 4.78 is 25.3. The van der Waals surface area contributed by atoms with Gasteiger partial charge in [0.1, 0.15) is 0 Å². The van der Waals surface area contributed by atoms with E-state index in [0.29, 0.717) is 42.8 Å². The molecule has 4 heteroatoms. The molecule has 1 aromatic carbocycles. The van der Waals surface area contributed by atoms with Gasteiger partial charge in [-0.25, -0.2) is 0 Å². The molecule has 2 heterocycles. The fourth-order valence-electron chi connectivity index (χ4n) is 4.70. The maximum atomic E-state index is 6.67. The molecule has 2 aliphatic heterocycles. The molecule has 0 radical (unpaired) electrons. The number of rotatable bonds is 6. The van der Waals surface area contributed by atoms with E-state index in [0.717, 1.165) is 0 Å². The number of ether oxygens (including phenoxy) is 4. The van der Waals surface area contributed by atoms with Crippen LogP contribution in [0.4, 0.5) is 0 Å². The van der Waals surface area contributed by atoms with Crippen molar-refractivity contribution in [3.8, 4) is 0 Å². The standard InChI is InChI=1S/C25H40O4/c1-15-16(2)23(14-26-13-22-11-9-8-10-12-22)28-25(17(15)3)29-24-18(4)20(6)27-21(7)19(24)5/h8-12,15-21,23-25H,13-14H2,1-7H3/t15?,16-,17?,18-,19?,20?,21-,23-,24-,25+/m0/s1. The van der Waals surface area contributed by atoms with Gasteiger partial charge in [-0.15, -0.1) is 0 Å². The van der Waals surface area contributed by atoms with Gasteiger partial charge in [0.25, 0.3) is 0 Å². The molecule has 2 fully saturated rings. The molecule has 2 saturated heterocycles. The van der Waals surface area contributed by atoms with Gasteiger partial charge in [0, 0.05) is 17.8 Å². The summed E-state index contributed by atoms with van der Waals surface area (Å²) in [5.74, 6) is 1.99. The molecule has 10 atom stereocenters. The Kier molecular flexibility index (Phi) is 7.77. The number of benzene rings is 1. The highest BCUT2D eigenvalue weighted by Gasteiger charge is 2.45. The first kappa shape index (κ1) is 22.7. The fraction of sp³-hybridized carbons (Fsp3) is 0.760. The first-order valence-corrected chi connectivity index (χ1v) is 11.4. The van der Waals surface area contributed by atoms with Gasteiger partial charge < -0.3 is 18.9 Å². The van der Waals surface area contributed by atoms with E-state index in [2.05, 4.69) is 60.6 Å². The van der Waals surface area contributed by atoms with Gasteiger partial charge in [0.15, 0.2) is 6.29 Å². The van der Waals surface area contributed by atoms with Crippen LogP contribution in [0.2, 0.25) is 0 Å². The molecular formula is C25H40O4. The minimum atomic E-state index is -0.195. The molecule has 0 bridgehead atoms. The molecule has 0 aromatic heterocycles. The van der Waals surface area contributed by atoms with E-state index in [1.807, 2.05) is 18.2 Å². The summed E-state index contributed by atoms with van der Waals surface area (Å²) in [4.78, 5) is 0. The summed E-state index contributed by atoms with van der Waals surface area (Å²) >= 11 is 0. The number of hydrogen-bond donors (Lipinski definition) is 0. The van der Waals surface area contributed by atoms with Gasteiger partial charge in [-0.1, -0.05) is 65.0 Å². The monoisotopic (exact) mass is 404 g/mol. The predicted octanol–water partition coefficient (Wildman–Crippen LogP) is 5.30. The van der Waals surface area contributed by atoms with Crippen LogP contribution < -0.4 is 0 Å². The third-order valence-corrected chi connectivity index (χ3v) is 7.61. The number of hydrogen-bond acceptors (Lipinski definition) is 4. The Morgan fingerprint density at radius 3 is 1.97 bits per heavy atom. The lowest BCUT2D eigenvalue weighted by Gasteiger charge is -2.48. The summed E-state index contributed by atoms with van der Waals surface area (Å²) in [6.45, 7) is 16.8. The normalized spacial score (nSPS) is 43.3. The Bertz CT molecular complexity index is 607. The van der Waals surface area contributed by atoms with Crippen LogP contribution in [0.15, 0.2) is 30.3 Å². The fourth-order valence-corrected chi connectivity index (χ4v) is 4.70. The Morgan fingerprint density at radius 2 is 1.34 bits per heavy atom. The van der Waals surface area contributed by atoms with Crippen LogP contribution in [-0.2, 0) is 25.6 Å². The van der Waals surface area contributed by atoms with Gasteiger partial charge in [-0.2, -0.15) is 0 Å². The molecule has 0 amide bonds. The third-order valence-electron chi connectivity index (χ3n) is 7.61. The Hall–Kier alpha value is -0.940. The minimum Gasteiger partial charge on any atom is -0.375 e. The van der Waals surface area contributed by atoms with E-state index in [1.54, 1.807) is 0 Å². The van der Waals surface area contributed by atoms with Gasteiger partial charge in [-0.3, -0.25) is 0 Å². The first-order valence-electron chi connectivity index (χ1n) is 11.4. The van der Waals surface area contributed by atoms with Crippen molar-refractivity contribution in [2.45, 2.75) is 85.8 Å². The van der Waals surface area contributed by atoms with Crippen LogP contribution in [0.1, 0.15) is 54.0 Å². The first-order chi connectivity index (χ1) is 13.8. The van der Waals surface area contributed by atoms with Gasteiger partial charge >= 0.3 is 0 Å². The predicted molar refractivity (Wildman–Crippen MR) is 115 cm³/mol. The second-order valence-corrected chi connectivity index (χ2v) is 9.49. The molecule has 164 valence electrons. The smallest absolute Gasteiger partial charge is 0.161 e. The lowest BCUT2D eigenvalue weighted by Crippen LogP contribution is -2.53. The highest BCUT2D eigenvalue weighted by atomic mass is 16.7. The zero-order valence-electron chi connectivity index (χ0n) is 19.2. The van der Waals surface area contributed by atoms with E-state index >= 15 is 0 Å². The lowest BCUT2D eigenvalue weighted by molar-refractivity contribution is -0.299. The average Bonchev–Trinajstić information content (AvgIpc) is 2.71. The SMILES string of the molecule is CC1C(C)[C@H](C)[C@H](COCc2ccccc2)O[C@@H]1O[C@@H]1C(C)[C@H](C)OC(C)[C@@H]1C. The Labute approximate surface area is 177 Å². The summed E-state index contributed by atoms with van der Waals surface area (Å²) in [7, 11) is 0. The molecule has 4 nitrogen and oxygen atoms in total.